The molecule has 0 radical (unpaired) electrons. The molecule has 1 heterocycles. The van der Waals surface area contributed by atoms with Crippen LogP contribution in [0.1, 0.15) is 36.5 Å². The molecular formula is C16H18BrNO2. The molecule has 0 bridgehead atoms. The van der Waals surface area contributed by atoms with Crippen LogP contribution in [0.25, 0.3) is 0 Å². The van der Waals surface area contributed by atoms with E-state index in [4.69, 9.17) is 9.84 Å². The maximum absolute atomic E-state index is 9.10. The van der Waals surface area contributed by atoms with E-state index in [1.807, 2.05) is 25.1 Å². The lowest BCUT2D eigenvalue weighted by Gasteiger charge is -2.15. The molecule has 106 valence electrons. The Morgan fingerprint density at radius 1 is 1.30 bits per heavy atom. The number of ether oxygens (including phenoxy) is 1. The lowest BCUT2D eigenvalue weighted by Crippen LogP contribution is -1.98. The van der Waals surface area contributed by atoms with Gasteiger partial charge in [0.1, 0.15) is 5.75 Å². The summed E-state index contributed by atoms with van der Waals surface area (Å²) in [6.07, 6.45) is 1.64. The van der Waals surface area contributed by atoms with Gasteiger partial charge in [-0.05, 0) is 48.2 Å². The van der Waals surface area contributed by atoms with Crippen LogP contribution >= 0.6 is 15.9 Å². The molecule has 0 fully saturated rings. The summed E-state index contributed by atoms with van der Waals surface area (Å²) < 4.78 is 6.98. The van der Waals surface area contributed by atoms with E-state index in [9.17, 15) is 0 Å². The molecule has 0 amide bonds. The molecule has 0 unspecified atom stereocenters. The fourth-order valence-corrected chi connectivity index (χ4v) is 2.36. The Balaban J connectivity index is 2.35. The SMILES string of the molecule is Cc1cc(CO)cnc1Oc1ccc(Br)cc1C(C)C. The number of hydrogen-bond acceptors (Lipinski definition) is 3. The summed E-state index contributed by atoms with van der Waals surface area (Å²) in [6, 6.07) is 7.85. The third-order valence-corrected chi connectivity index (χ3v) is 3.56. The van der Waals surface area contributed by atoms with Crippen LogP contribution in [0.15, 0.2) is 34.9 Å². The highest BCUT2D eigenvalue weighted by Gasteiger charge is 2.11. The molecule has 0 atom stereocenters. The minimum atomic E-state index is -0.0103. The first-order valence-corrected chi connectivity index (χ1v) is 7.34. The van der Waals surface area contributed by atoms with Gasteiger partial charge in [0.15, 0.2) is 0 Å². The van der Waals surface area contributed by atoms with Gasteiger partial charge in [-0.2, -0.15) is 0 Å². The predicted molar refractivity (Wildman–Crippen MR) is 83.2 cm³/mol. The second-order valence-electron chi connectivity index (χ2n) is 5.06. The van der Waals surface area contributed by atoms with E-state index < -0.39 is 0 Å². The molecule has 2 rings (SSSR count). The molecule has 0 saturated carbocycles. The molecule has 3 nitrogen and oxygen atoms in total. The number of aliphatic hydroxyl groups excluding tert-OH is 1. The summed E-state index contributed by atoms with van der Waals surface area (Å²) in [6.45, 7) is 6.17. The quantitative estimate of drug-likeness (QED) is 0.890. The van der Waals surface area contributed by atoms with E-state index in [1.54, 1.807) is 6.20 Å². The van der Waals surface area contributed by atoms with Gasteiger partial charge < -0.3 is 9.84 Å². The molecule has 4 heteroatoms. The zero-order valence-electron chi connectivity index (χ0n) is 11.9. The maximum Gasteiger partial charge on any atom is 0.222 e. The van der Waals surface area contributed by atoms with Gasteiger partial charge in [0.2, 0.25) is 5.88 Å². The molecule has 1 aromatic heterocycles. The Labute approximate surface area is 127 Å². The lowest BCUT2D eigenvalue weighted by molar-refractivity contribution is 0.281. The number of halogens is 1. The average molecular weight is 336 g/mol. The van der Waals surface area contributed by atoms with Gasteiger partial charge in [-0.15, -0.1) is 0 Å². The Morgan fingerprint density at radius 3 is 2.65 bits per heavy atom. The molecule has 2 aromatic rings. The molecule has 20 heavy (non-hydrogen) atoms. The van der Waals surface area contributed by atoms with Crippen molar-refractivity contribution in [2.75, 3.05) is 0 Å². The molecule has 0 spiro atoms. The van der Waals surface area contributed by atoms with Crippen molar-refractivity contribution < 1.29 is 9.84 Å². The second-order valence-corrected chi connectivity index (χ2v) is 5.98. The van der Waals surface area contributed by atoms with Crippen molar-refractivity contribution in [2.45, 2.75) is 33.3 Å². The molecule has 1 N–H and O–H groups in total. The zero-order valence-corrected chi connectivity index (χ0v) is 13.4. The van der Waals surface area contributed by atoms with Gasteiger partial charge in [0, 0.05) is 16.2 Å². The zero-order chi connectivity index (χ0) is 14.7. The fraction of sp³-hybridized carbons (Fsp3) is 0.312. The van der Waals surface area contributed by atoms with Crippen molar-refractivity contribution in [3.8, 4) is 11.6 Å². The van der Waals surface area contributed by atoms with Crippen LogP contribution in [0.4, 0.5) is 0 Å². The lowest BCUT2D eigenvalue weighted by atomic mass is 10.0. The van der Waals surface area contributed by atoms with Gasteiger partial charge in [-0.3, -0.25) is 0 Å². The largest absolute Gasteiger partial charge is 0.438 e. The first kappa shape index (κ1) is 15.0. The summed E-state index contributed by atoms with van der Waals surface area (Å²) in [5.74, 6) is 1.75. The van der Waals surface area contributed by atoms with Crippen LogP contribution < -0.4 is 4.74 Å². The van der Waals surface area contributed by atoms with Gasteiger partial charge >= 0.3 is 0 Å². The Bertz CT molecular complexity index is 611. The van der Waals surface area contributed by atoms with Gasteiger partial charge in [0.25, 0.3) is 0 Å². The van der Waals surface area contributed by atoms with Crippen LogP contribution in [0.3, 0.4) is 0 Å². The minimum Gasteiger partial charge on any atom is -0.438 e. The highest BCUT2D eigenvalue weighted by atomic mass is 79.9. The Kier molecular flexibility index (Phi) is 4.78. The van der Waals surface area contributed by atoms with Crippen LogP contribution in [0.2, 0.25) is 0 Å². The van der Waals surface area contributed by atoms with E-state index in [-0.39, 0.29) is 6.61 Å². The van der Waals surface area contributed by atoms with E-state index in [0.29, 0.717) is 11.8 Å². The molecular weight excluding hydrogens is 318 g/mol. The number of aliphatic hydroxyl groups is 1. The van der Waals surface area contributed by atoms with E-state index in [2.05, 4.69) is 40.8 Å². The summed E-state index contributed by atoms with van der Waals surface area (Å²) in [5, 5.41) is 9.10. The standard InChI is InChI=1S/C16H18BrNO2/c1-10(2)14-7-13(17)4-5-15(14)20-16-11(3)6-12(9-19)8-18-16/h4-8,10,19H,9H2,1-3H3. The number of nitrogens with zero attached hydrogens (tertiary/aromatic N) is 1. The summed E-state index contributed by atoms with van der Waals surface area (Å²) in [7, 11) is 0. The van der Waals surface area contributed by atoms with Crippen LogP contribution in [-0.2, 0) is 6.61 Å². The highest BCUT2D eigenvalue weighted by Crippen LogP contribution is 2.33. The first-order chi connectivity index (χ1) is 9.51. The third-order valence-electron chi connectivity index (χ3n) is 3.07. The summed E-state index contributed by atoms with van der Waals surface area (Å²) >= 11 is 3.48. The normalized spacial score (nSPS) is 10.9. The van der Waals surface area contributed by atoms with Crippen molar-refractivity contribution in [3.05, 3.63) is 51.6 Å². The molecule has 0 aliphatic rings. The first-order valence-electron chi connectivity index (χ1n) is 6.55. The highest BCUT2D eigenvalue weighted by molar-refractivity contribution is 9.10. The number of aromatic nitrogens is 1. The molecule has 0 aliphatic heterocycles. The Morgan fingerprint density at radius 2 is 2.05 bits per heavy atom. The molecule has 0 aliphatic carbocycles. The van der Waals surface area contributed by atoms with Crippen molar-refractivity contribution in [3.63, 3.8) is 0 Å². The van der Waals surface area contributed by atoms with Crippen molar-refractivity contribution in [1.29, 1.82) is 0 Å². The number of pyridine rings is 1. The fourth-order valence-electron chi connectivity index (χ4n) is 1.98. The van der Waals surface area contributed by atoms with Gasteiger partial charge in [0.05, 0.1) is 6.61 Å². The predicted octanol–water partition coefficient (Wildman–Crippen LogP) is 4.56. The topological polar surface area (TPSA) is 42.4 Å². The number of hydrogen-bond donors (Lipinski definition) is 1. The maximum atomic E-state index is 9.10. The van der Waals surface area contributed by atoms with Crippen LogP contribution in [0.5, 0.6) is 11.6 Å². The van der Waals surface area contributed by atoms with Crippen LogP contribution in [-0.4, -0.2) is 10.1 Å². The smallest absolute Gasteiger partial charge is 0.222 e. The average Bonchev–Trinajstić information content (AvgIpc) is 2.42. The number of aryl methyl sites for hydroxylation is 1. The van der Waals surface area contributed by atoms with E-state index >= 15 is 0 Å². The van der Waals surface area contributed by atoms with Crippen molar-refractivity contribution in [2.24, 2.45) is 0 Å². The van der Waals surface area contributed by atoms with Gasteiger partial charge in [-0.1, -0.05) is 29.8 Å². The molecule has 1 aromatic carbocycles. The summed E-state index contributed by atoms with van der Waals surface area (Å²) in [5.41, 5.74) is 2.83. The molecule has 0 saturated heterocycles. The minimum absolute atomic E-state index is 0.0103. The van der Waals surface area contributed by atoms with E-state index in [0.717, 1.165) is 26.9 Å². The number of rotatable bonds is 4. The summed E-state index contributed by atoms with van der Waals surface area (Å²) in [4.78, 5) is 4.27. The third kappa shape index (κ3) is 3.38. The van der Waals surface area contributed by atoms with Crippen molar-refractivity contribution in [1.82, 2.24) is 4.98 Å². The monoisotopic (exact) mass is 335 g/mol. The number of benzene rings is 1. The second kappa shape index (κ2) is 6.37. The van der Waals surface area contributed by atoms with Crippen molar-refractivity contribution >= 4 is 15.9 Å². The van der Waals surface area contributed by atoms with Crippen LogP contribution in [0, 0.1) is 6.92 Å². The van der Waals surface area contributed by atoms with E-state index in [1.165, 1.54) is 0 Å². The van der Waals surface area contributed by atoms with Gasteiger partial charge in [-0.25, -0.2) is 4.98 Å². The Hall–Kier alpha value is -1.39.